The van der Waals surface area contributed by atoms with E-state index in [-0.39, 0.29) is 24.6 Å². The average molecular weight is 457 g/mol. The molecule has 0 saturated heterocycles. The summed E-state index contributed by atoms with van der Waals surface area (Å²) in [5, 5.41) is 2.96. The highest BCUT2D eigenvalue weighted by molar-refractivity contribution is 7.09. The van der Waals surface area contributed by atoms with Crippen LogP contribution in [-0.2, 0) is 14.3 Å². The van der Waals surface area contributed by atoms with Gasteiger partial charge in [-0.2, -0.15) is 0 Å². The molecule has 0 N–H and O–H groups in total. The van der Waals surface area contributed by atoms with Crippen molar-refractivity contribution in [3.63, 3.8) is 0 Å². The first-order valence-electron chi connectivity index (χ1n) is 11.5. The molecule has 0 bridgehead atoms. The van der Waals surface area contributed by atoms with Crippen LogP contribution in [0.5, 0.6) is 5.75 Å². The predicted molar refractivity (Wildman–Crippen MR) is 126 cm³/mol. The maximum absolute atomic E-state index is 13.2. The second kappa shape index (κ2) is 9.22. The van der Waals surface area contributed by atoms with Gasteiger partial charge in [-0.15, -0.1) is 11.3 Å². The van der Waals surface area contributed by atoms with Gasteiger partial charge in [-0.25, -0.2) is 9.78 Å². The Morgan fingerprint density at radius 2 is 2.06 bits per heavy atom. The molecule has 0 spiro atoms. The number of carbonyl (C=O) groups is 2. The number of aryl methyl sites for hydroxylation is 1. The van der Waals surface area contributed by atoms with E-state index in [1.165, 1.54) is 11.3 Å². The zero-order chi connectivity index (χ0) is 23.0. The molecule has 2 heterocycles. The lowest BCUT2D eigenvalue weighted by Gasteiger charge is -2.38. The van der Waals surface area contributed by atoms with Crippen LogP contribution < -0.4 is 9.64 Å². The summed E-state index contributed by atoms with van der Waals surface area (Å²) < 4.78 is 11.7. The lowest BCUT2D eigenvalue weighted by molar-refractivity contribution is -0.158. The maximum atomic E-state index is 13.2. The third-order valence-electron chi connectivity index (χ3n) is 6.71. The summed E-state index contributed by atoms with van der Waals surface area (Å²) in [5.41, 5.74) is 2.32. The van der Waals surface area contributed by atoms with Crippen molar-refractivity contribution in [1.29, 1.82) is 0 Å². The fraction of sp³-hybridized carbons (Fsp3) is 0.560. The van der Waals surface area contributed by atoms with E-state index >= 15 is 0 Å². The van der Waals surface area contributed by atoms with Gasteiger partial charge in [-0.1, -0.05) is 27.2 Å². The molecule has 4 rings (SSSR count). The summed E-state index contributed by atoms with van der Waals surface area (Å²) in [6.07, 6.45) is 3.01. The molecule has 172 valence electrons. The van der Waals surface area contributed by atoms with E-state index in [1.807, 2.05) is 30.5 Å². The molecular weight excluding hydrogens is 424 g/mol. The van der Waals surface area contributed by atoms with Crippen molar-refractivity contribution in [2.45, 2.75) is 66.0 Å². The zero-order valence-electron chi connectivity index (χ0n) is 19.5. The lowest BCUT2D eigenvalue weighted by atomic mass is 9.75. The number of fused-ring (bicyclic) bond motifs is 1. The molecule has 7 heteroatoms. The third kappa shape index (κ3) is 4.53. The number of aromatic nitrogens is 1. The zero-order valence-corrected chi connectivity index (χ0v) is 20.3. The fourth-order valence-electron chi connectivity index (χ4n) is 4.85. The molecule has 2 aliphatic rings. The van der Waals surface area contributed by atoms with Gasteiger partial charge in [-0.3, -0.25) is 9.69 Å². The minimum atomic E-state index is -0.734. The summed E-state index contributed by atoms with van der Waals surface area (Å²) in [4.78, 5) is 32.2. The van der Waals surface area contributed by atoms with E-state index in [0.717, 1.165) is 29.1 Å². The topological polar surface area (TPSA) is 68.7 Å². The number of rotatable bonds is 5. The van der Waals surface area contributed by atoms with Gasteiger partial charge in [0, 0.05) is 10.9 Å². The van der Waals surface area contributed by atoms with Crippen molar-refractivity contribution in [2.24, 2.45) is 17.8 Å². The Morgan fingerprint density at radius 3 is 2.75 bits per heavy atom. The Balaban J connectivity index is 1.58. The van der Waals surface area contributed by atoms with Crippen LogP contribution in [0.2, 0.25) is 0 Å². The third-order valence-corrected chi connectivity index (χ3v) is 7.48. The molecule has 32 heavy (non-hydrogen) atoms. The summed E-state index contributed by atoms with van der Waals surface area (Å²) in [6.45, 7) is 10.2. The lowest BCUT2D eigenvalue weighted by Crippen LogP contribution is -2.50. The van der Waals surface area contributed by atoms with E-state index in [2.05, 4.69) is 25.8 Å². The Labute approximate surface area is 193 Å². The van der Waals surface area contributed by atoms with Gasteiger partial charge < -0.3 is 9.47 Å². The van der Waals surface area contributed by atoms with E-state index < -0.39 is 6.04 Å². The molecule has 0 radical (unpaired) electrons. The summed E-state index contributed by atoms with van der Waals surface area (Å²) in [5.74, 6) is 1.33. The molecule has 6 nitrogen and oxygen atoms in total. The average Bonchev–Trinajstić information content (AvgIpc) is 3.19. The first-order valence-corrected chi connectivity index (χ1v) is 12.3. The van der Waals surface area contributed by atoms with Crippen LogP contribution in [0, 0.1) is 24.7 Å². The smallest absolute Gasteiger partial charge is 0.329 e. The number of amides is 1. The fourth-order valence-corrected chi connectivity index (χ4v) is 5.48. The summed E-state index contributed by atoms with van der Waals surface area (Å²) >= 11 is 1.57. The number of nitrogens with zero attached hydrogens (tertiary/aromatic N) is 2. The normalized spacial score (nSPS) is 24.1. The largest absolute Gasteiger partial charge is 0.482 e. The van der Waals surface area contributed by atoms with Crippen molar-refractivity contribution in [2.75, 3.05) is 11.5 Å². The van der Waals surface area contributed by atoms with Crippen molar-refractivity contribution >= 4 is 28.9 Å². The Morgan fingerprint density at radius 1 is 1.28 bits per heavy atom. The number of ether oxygens (including phenoxy) is 2. The molecule has 4 atom stereocenters. The molecular formula is C25H32N2O4S. The molecule has 4 unspecified atom stereocenters. The highest BCUT2D eigenvalue weighted by Crippen LogP contribution is 2.39. The number of thiazole rings is 1. The minimum absolute atomic E-state index is 0.0884. The molecule has 1 amide bonds. The number of hydrogen-bond acceptors (Lipinski definition) is 6. The highest BCUT2D eigenvalue weighted by Gasteiger charge is 2.38. The van der Waals surface area contributed by atoms with Crippen molar-refractivity contribution in [3.05, 3.63) is 28.6 Å². The van der Waals surface area contributed by atoms with Gasteiger partial charge >= 0.3 is 5.97 Å². The highest BCUT2D eigenvalue weighted by atomic mass is 32.1. The second-order valence-corrected chi connectivity index (χ2v) is 10.5. The minimum Gasteiger partial charge on any atom is -0.482 e. The molecule has 1 aliphatic carbocycles. The Hall–Kier alpha value is -2.41. The van der Waals surface area contributed by atoms with Crippen molar-refractivity contribution in [3.8, 4) is 17.0 Å². The van der Waals surface area contributed by atoms with E-state index in [0.29, 0.717) is 29.2 Å². The van der Waals surface area contributed by atoms with Gasteiger partial charge in [0.15, 0.2) is 6.61 Å². The van der Waals surface area contributed by atoms with Gasteiger partial charge in [0.05, 0.1) is 16.4 Å². The Kier molecular flexibility index (Phi) is 6.56. The monoisotopic (exact) mass is 456 g/mol. The first-order chi connectivity index (χ1) is 15.2. The number of carbonyl (C=O) groups excluding carboxylic acids is 2. The standard InChI is InChI=1S/C25H32N2O4S/c1-14(2)19-8-6-15(3)10-23(19)31-25(29)16(4)27-21-11-18(20-13-32-17(5)26-20)7-9-22(21)30-12-24(27)28/h7,9,11,13-16,19,23H,6,8,10,12H2,1-5H3. The number of anilines is 1. The van der Waals surface area contributed by atoms with E-state index in [4.69, 9.17) is 9.47 Å². The number of esters is 1. The van der Waals surface area contributed by atoms with Crippen LogP contribution in [0.3, 0.4) is 0 Å². The molecule has 1 fully saturated rings. The van der Waals surface area contributed by atoms with E-state index in [9.17, 15) is 9.59 Å². The van der Waals surface area contributed by atoms with Crippen LogP contribution in [0.15, 0.2) is 23.6 Å². The molecule has 1 saturated carbocycles. The second-order valence-electron chi connectivity index (χ2n) is 9.46. The molecule has 1 aliphatic heterocycles. The first kappa shape index (κ1) is 22.8. The van der Waals surface area contributed by atoms with Crippen molar-refractivity contribution < 1.29 is 19.1 Å². The number of benzene rings is 1. The summed E-state index contributed by atoms with van der Waals surface area (Å²) in [7, 11) is 0. The van der Waals surface area contributed by atoms with Gasteiger partial charge in [0.1, 0.15) is 17.9 Å². The van der Waals surface area contributed by atoms with Gasteiger partial charge in [0.2, 0.25) is 0 Å². The molecule has 1 aromatic carbocycles. The number of hydrogen-bond donors (Lipinski definition) is 0. The SMILES string of the molecule is Cc1nc(-c2ccc3c(c2)N(C(C)C(=O)OC2CC(C)CCC2C(C)C)C(=O)CO3)cs1. The summed E-state index contributed by atoms with van der Waals surface area (Å²) in [6, 6.07) is 4.92. The van der Waals surface area contributed by atoms with Gasteiger partial charge in [-0.05, 0) is 62.6 Å². The quantitative estimate of drug-likeness (QED) is 0.576. The molecule has 2 aromatic rings. The van der Waals surface area contributed by atoms with Crippen LogP contribution in [0.1, 0.15) is 52.0 Å². The Bertz CT molecular complexity index is 1000. The van der Waals surface area contributed by atoms with Gasteiger partial charge in [0.25, 0.3) is 5.91 Å². The van der Waals surface area contributed by atoms with Crippen LogP contribution in [-0.4, -0.2) is 35.6 Å². The van der Waals surface area contributed by atoms with Crippen LogP contribution in [0.4, 0.5) is 5.69 Å². The predicted octanol–water partition coefficient (Wildman–Crippen LogP) is 5.24. The van der Waals surface area contributed by atoms with Crippen LogP contribution >= 0.6 is 11.3 Å². The van der Waals surface area contributed by atoms with Crippen molar-refractivity contribution in [1.82, 2.24) is 4.98 Å². The van der Waals surface area contributed by atoms with Crippen LogP contribution in [0.25, 0.3) is 11.3 Å². The molecule has 1 aromatic heterocycles. The maximum Gasteiger partial charge on any atom is 0.329 e. The van der Waals surface area contributed by atoms with E-state index in [1.54, 1.807) is 18.3 Å².